The van der Waals surface area contributed by atoms with Crippen LogP contribution in [0.2, 0.25) is 0 Å². The van der Waals surface area contributed by atoms with Crippen LogP contribution in [-0.2, 0) is 15.3 Å². The van der Waals surface area contributed by atoms with Crippen molar-refractivity contribution in [3.05, 3.63) is 40.5 Å². The number of ether oxygens (including phenoxy) is 1. The molecule has 23 heavy (non-hydrogen) atoms. The van der Waals surface area contributed by atoms with E-state index in [1.54, 1.807) is 18.2 Å². The largest absolute Gasteiger partial charge is 0.479 e. The molecule has 0 heterocycles. The van der Waals surface area contributed by atoms with E-state index in [1.807, 2.05) is 6.92 Å². The lowest BCUT2D eigenvalue weighted by Crippen LogP contribution is -2.11. The summed E-state index contributed by atoms with van der Waals surface area (Å²) >= 11 is -0.521. The van der Waals surface area contributed by atoms with E-state index in [0.717, 1.165) is 24.0 Å². The second-order valence-corrected chi connectivity index (χ2v) is 5.95. The molecule has 1 aliphatic rings. The third-order valence-corrected chi connectivity index (χ3v) is 4.00. The number of hydrogen-bond acceptors (Lipinski definition) is 4. The Labute approximate surface area is 137 Å². The number of rotatable bonds is 5. The minimum atomic E-state index is -4.48. The van der Waals surface area contributed by atoms with Crippen molar-refractivity contribution < 1.29 is 26.9 Å². The van der Waals surface area contributed by atoms with E-state index in [4.69, 9.17) is 4.18 Å². The van der Waals surface area contributed by atoms with Gasteiger partial charge >= 0.3 is 11.5 Å². The molecule has 0 N–H and O–H groups in total. The lowest BCUT2D eigenvalue weighted by molar-refractivity contribution is -0.0376. The summed E-state index contributed by atoms with van der Waals surface area (Å²) in [5.41, 5.74) is -1.93. The van der Waals surface area contributed by atoms with E-state index in [9.17, 15) is 18.0 Å². The monoisotopic (exact) mass is 346 g/mol. The summed E-state index contributed by atoms with van der Waals surface area (Å²) in [6.45, 7) is 1.96. The molecule has 0 aromatic heterocycles. The highest BCUT2D eigenvalue weighted by molar-refractivity contribution is 7.95. The van der Waals surface area contributed by atoms with Crippen LogP contribution in [0.4, 0.5) is 13.2 Å². The van der Waals surface area contributed by atoms with Crippen molar-refractivity contribution in [2.24, 2.45) is 0 Å². The molecule has 0 fully saturated rings. The second kappa shape index (κ2) is 7.29. The number of methoxy groups -OCH3 is 1. The Hall–Kier alpha value is -1.63. The molecule has 0 amide bonds. The van der Waals surface area contributed by atoms with Gasteiger partial charge in [0.05, 0.1) is 12.7 Å². The van der Waals surface area contributed by atoms with Crippen LogP contribution in [-0.4, -0.2) is 18.6 Å². The number of carbonyl (C=O) groups is 1. The molecule has 126 valence electrons. The van der Waals surface area contributed by atoms with E-state index in [0.29, 0.717) is 24.0 Å². The Bertz CT molecular complexity index is 623. The van der Waals surface area contributed by atoms with Crippen LogP contribution in [0.15, 0.2) is 23.8 Å². The molecule has 0 spiro atoms. The van der Waals surface area contributed by atoms with Gasteiger partial charge in [-0.15, -0.1) is 0 Å². The summed E-state index contributed by atoms with van der Waals surface area (Å²) in [5.74, 6) is -0.306. The molecule has 1 aromatic rings. The lowest BCUT2D eigenvalue weighted by atomic mass is 9.87. The maximum Gasteiger partial charge on any atom is 0.479 e. The first kappa shape index (κ1) is 17.7. The fourth-order valence-electron chi connectivity index (χ4n) is 2.57. The van der Waals surface area contributed by atoms with E-state index >= 15 is 0 Å². The Kier molecular flexibility index (Phi) is 5.62. The highest BCUT2D eigenvalue weighted by Gasteiger charge is 2.33. The van der Waals surface area contributed by atoms with Gasteiger partial charge in [0.1, 0.15) is 5.76 Å². The average molecular weight is 346 g/mol. The Morgan fingerprint density at radius 2 is 2.04 bits per heavy atom. The molecule has 0 saturated carbocycles. The van der Waals surface area contributed by atoms with Gasteiger partial charge in [-0.1, -0.05) is 19.4 Å². The van der Waals surface area contributed by atoms with Crippen molar-refractivity contribution in [3.8, 4) is 0 Å². The first-order valence-electron chi connectivity index (χ1n) is 7.21. The van der Waals surface area contributed by atoms with Crippen LogP contribution >= 0.6 is 12.0 Å². The fraction of sp³-hybridized carbons (Fsp3) is 0.438. The zero-order chi connectivity index (χ0) is 17.0. The van der Waals surface area contributed by atoms with E-state index < -0.39 is 23.5 Å². The number of hydrogen-bond donors (Lipinski definition) is 0. The van der Waals surface area contributed by atoms with Crippen LogP contribution in [0, 0.1) is 0 Å². The summed E-state index contributed by atoms with van der Waals surface area (Å²) in [6, 6.07) is 4.90. The third kappa shape index (κ3) is 4.43. The van der Waals surface area contributed by atoms with Crippen LogP contribution < -0.4 is 0 Å². The Morgan fingerprint density at radius 1 is 1.30 bits per heavy atom. The molecule has 0 saturated heterocycles. The maximum absolute atomic E-state index is 12.5. The van der Waals surface area contributed by atoms with Gasteiger partial charge in [-0.3, -0.25) is 0 Å². The van der Waals surface area contributed by atoms with Gasteiger partial charge in [0.15, 0.2) is 12.0 Å². The quantitative estimate of drug-likeness (QED) is 0.548. The van der Waals surface area contributed by atoms with Crippen molar-refractivity contribution >= 4 is 23.8 Å². The van der Waals surface area contributed by atoms with Crippen molar-refractivity contribution in [1.82, 2.24) is 0 Å². The van der Waals surface area contributed by atoms with E-state index in [2.05, 4.69) is 4.74 Å². The van der Waals surface area contributed by atoms with Gasteiger partial charge in [-0.2, -0.15) is 13.2 Å². The predicted octanol–water partition coefficient (Wildman–Crippen LogP) is 5.12. The highest BCUT2D eigenvalue weighted by atomic mass is 32.2. The predicted molar refractivity (Wildman–Crippen MR) is 82.7 cm³/mol. The van der Waals surface area contributed by atoms with Crippen LogP contribution in [0.5, 0.6) is 0 Å². The Balaban J connectivity index is 2.42. The number of benzene rings is 1. The van der Waals surface area contributed by atoms with Gasteiger partial charge < -0.3 is 8.92 Å². The number of alkyl halides is 3. The Morgan fingerprint density at radius 3 is 2.65 bits per heavy atom. The number of allylic oxidation sites excluding steroid dienone is 1. The minimum absolute atomic E-state index is 0.223. The van der Waals surface area contributed by atoms with Crippen molar-refractivity contribution in [1.29, 1.82) is 0 Å². The SMILES string of the molecule is CCCC1=C(OSC(F)(F)F)c2cc(C(=O)OC)ccc2CC1. The summed E-state index contributed by atoms with van der Waals surface area (Å²) in [6.07, 6.45) is 2.85. The standard InChI is InChI=1S/C16H17F3O3S/c1-3-4-11-7-5-10-6-8-12(15(20)21-2)9-13(10)14(11)22-23-16(17,18)19/h6,8-9H,3-5,7H2,1-2H3. The molecule has 0 atom stereocenters. The molecule has 7 heteroatoms. The van der Waals surface area contributed by atoms with Crippen LogP contribution in [0.1, 0.15) is 47.7 Å². The first-order valence-corrected chi connectivity index (χ1v) is 7.96. The molecule has 0 aliphatic heterocycles. The molecular weight excluding hydrogens is 329 g/mol. The molecule has 1 aromatic carbocycles. The maximum atomic E-state index is 12.5. The van der Waals surface area contributed by atoms with Gasteiger partial charge in [0.2, 0.25) is 0 Å². The molecule has 1 aliphatic carbocycles. The van der Waals surface area contributed by atoms with Crippen molar-refractivity contribution in [3.63, 3.8) is 0 Å². The molecule has 0 radical (unpaired) electrons. The molecule has 3 nitrogen and oxygen atoms in total. The number of halogens is 3. The number of esters is 1. The average Bonchev–Trinajstić information content (AvgIpc) is 2.51. The number of carbonyl (C=O) groups excluding carboxylic acids is 1. The molecule has 2 rings (SSSR count). The van der Waals surface area contributed by atoms with Gasteiger partial charge in [-0.05, 0) is 42.5 Å². The zero-order valence-electron chi connectivity index (χ0n) is 12.8. The first-order chi connectivity index (χ1) is 10.9. The summed E-state index contributed by atoms with van der Waals surface area (Å²) < 4.78 is 47.2. The van der Waals surface area contributed by atoms with Crippen LogP contribution in [0.25, 0.3) is 5.76 Å². The van der Waals surface area contributed by atoms with Gasteiger partial charge in [-0.25, -0.2) is 4.79 Å². The number of aryl methyl sites for hydroxylation is 1. The van der Waals surface area contributed by atoms with E-state index in [-0.39, 0.29) is 5.76 Å². The zero-order valence-corrected chi connectivity index (χ0v) is 13.6. The van der Waals surface area contributed by atoms with E-state index in [1.165, 1.54) is 7.11 Å². The van der Waals surface area contributed by atoms with Crippen molar-refractivity contribution in [2.75, 3.05) is 7.11 Å². The topological polar surface area (TPSA) is 35.5 Å². The smallest absolute Gasteiger partial charge is 0.465 e. The van der Waals surface area contributed by atoms with Crippen molar-refractivity contribution in [2.45, 2.75) is 38.1 Å². The summed E-state index contributed by atoms with van der Waals surface area (Å²) in [4.78, 5) is 11.7. The summed E-state index contributed by atoms with van der Waals surface area (Å²) in [7, 11) is 1.26. The third-order valence-electron chi connectivity index (χ3n) is 3.56. The van der Waals surface area contributed by atoms with Crippen LogP contribution in [0.3, 0.4) is 0 Å². The summed E-state index contributed by atoms with van der Waals surface area (Å²) in [5, 5.41) is 0. The van der Waals surface area contributed by atoms with Gasteiger partial charge in [0.25, 0.3) is 0 Å². The minimum Gasteiger partial charge on any atom is -0.465 e. The highest BCUT2D eigenvalue weighted by Crippen LogP contribution is 2.41. The number of fused-ring (bicyclic) bond motifs is 1. The molecule has 0 bridgehead atoms. The van der Waals surface area contributed by atoms with Gasteiger partial charge in [0, 0.05) is 5.56 Å². The normalized spacial score (nSPS) is 14.5. The fourth-order valence-corrected chi connectivity index (χ4v) is 2.96. The second-order valence-electron chi connectivity index (χ2n) is 5.16. The molecule has 0 unspecified atom stereocenters. The lowest BCUT2D eigenvalue weighted by Gasteiger charge is -2.23. The molecular formula is C16H17F3O3S.